The predicted molar refractivity (Wildman–Crippen MR) is 134 cm³/mol. The average molecular weight is 425 g/mol. The van der Waals surface area contributed by atoms with Crippen LogP contribution in [0.15, 0.2) is 89.5 Å². The van der Waals surface area contributed by atoms with Crippen molar-refractivity contribution in [3.8, 4) is 0 Å². The van der Waals surface area contributed by atoms with Gasteiger partial charge in [-0.25, -0.2) is 4.98 Å². The van der Waals surface area contributed by atoms with Gasteiger partial charge in [0.2, 0.25) is 0 Å². The van der Waals surface area contributed by atoms with Gasteiger partial charge in [-0.1, -0.05) is 73.7 Å². The topological polar surface area (TPSA) is 77.3 Å². The van der Waals surface area contributed by atoms with Crippen molar-refractivity contribution in [3.05, 3.63) is 107 Å². The summed E-state index contributed by atoms with van der Waals surface area (Å²) >= 11 is 1.66. The number of benzene rings is 3. The van der Waals surface area contributed by atoms with Crippen molar-refractivity contribution < 1.29 is 0 Å². The minimum atomic E-state index is 0.290. The Kier molecular flexibility index (Phi) is 6.24. The van der Waals surface area contributed by atoms with E-state index in [0.29, 0.717) is 5.84 Å². The molecule has 0 saturated carbocycles. The molecular formula is C26H24N4S. The van der Waals surface area contributed by atoms with E-state index in [-0.39, 0.29) is 0 Å². The average Bonchev–Trinajstić information content (AvgIpc) is 3.30. The van der Waals surface area contributed by atoms with Crippen LogP contribution in [0.1, 0.15) is 35.6 Å². The van der Waals surface area contributed by atoms with Crippen LogP contribution in [-0.4, -0.2) is 10.8 Å². The number of hydrogen-bond acceptors (Lipinski definition) is 4. The summed E-state index contributed by atoms with van der Waals surface area (Å²) in [5, 5.41) is 3.47. The largest absolute Gasteiger partial charge is 0.382 e. The molecular weight excluding hydrogens is 400 g/mol. The first kappa shape index (κ1) is 20.6. The highest BCUT2D eigenvalue weighted by molar-refractivity contribution is 7.16. The molecule has 4 aromatic rings. The van der Waals surface area contributed by atoms with E-state index in [1.165, 1.54) is 27.0 Å². The summed E-state index contributed by atoms with van der Waals surface area (Å²) in [6, 6.07) is 25.6. The highest BCUT2D eigenvalue weighted by Crippen LogP contribution is 2.36. The molecule has 1 heterocycles. The van der Waals surface area contributed by atoms with Crippen molar-refractivity contribution in [2.75, 3.05) is 0 Å². The Morgan fingerprint density at radius 1 is 0.968 bits per heavy atom. The molecule has 0 fully saturated rings. The van der Waals surface area contributed by atoms with Crippen molar-refractivity contribution >= 4 is 44.6 Å². The molecule has 4 nitrogen and oxygen atoms in total. The van der Waals surface area contributed by atoms with Crippen LogP contribution in [0, 0.1) is 0 Å². The Bertz CT molecular complexity index is 1270. The third-order valence-electron chi connectivity index (χ3n) is 5.19. The van der Waals surface area contributed by atoms with Gasteiger partial charge >= 0.3 is 0 Å². The second-order valence-electron chi connectivity index (χ2n) is 7.12. The lowest BCUT2D eigenvalue weighted by molar-refractivity contribution is 1.24. The van der Waals surface area contributed by atoms with Gasteiger partial charge < -0.3 is 11.6 Å². The summed E-state index contributed by atoms with van der Waals surface area (Å²) in [7, 11) is 0. The van der Waals surface area contributed by atoms with E-state index in [4.69, 9.17) is 11.6 Å². The molecule has 31 heavy (non-hydrogen) atoms. The fourth-order valence-electron chi connectivity index (χ4n) is 3.68. The summed E-state index contributed by atoms with van der Waals surface area (Å²) < 4.78 is 1.19. The van der Waals surface area contributed by atoms with Crippen molar-refractivity contribution in [2.24, 2.45) is 16.7 Å². The number of hydrogen-bond donors (Lipinski definition) is 2. The lowest BCUT2D eigenvalue weighted by atomic mass is 9.88. The van der Waals surface area contributed by atoms with E-state index >= 15 is 0 Å². The number of hydrazone groups is 1. The normalized spacial score (nSPS) is 13.0. The van der Waals surface area contributed by atoms with Gasteiger partial charge in [0.25, 0.3) is 0 Å². The highest BCUT2D eigenvalue weighted by atomic mass is 32.1. The Hall–Kier alpha value is -3.70. The fourth-order valence-corrected chi connectivity index (χ4v) is 4.34. The summed E-state index contributed by atoms with van der Waals surface area (Å²) in [6.45, 7) is 2.20. The van der Waals surface area contributed by atoms with E-state index < -0.39 is 0 Å². The van der Waals surface area contributed by atoms with E-state index in [1.54, 1.807) is 17.4 Å². The fraction of sp³-hybridized carbons (Fsp3) is 0.0769. The van der Waals surface area contributed by atoms with Crippen molar-refractivity contribution in [3.63, 3.8) is 0 Å². The minimum absolute atomic E-state index is 0.290. The molecule has 154 valence electrons. The van der Waals surface area contributed by atoms with E-state index in [2.05, 4.69) is 89.8 Å². The molecule has 5 heteroatoms. The van der Waals surface area contributed by atoms with E-state index in [0.717, 1.165) is 23.1 Å². The highest BCUT2D eigenvalue weighted by Gasteiger charge is 2.14. The Balaban J connectivity index is 1.86. The number of allylic oxidation sites excluding steroid dienone is 1. The van der Waals surface area contributed by atoms with Gasteiger partial charge in [-0.15, -0.1) is 11.3 Å². The molecule has 0 bridgehead atoms. The molecule has 0 amide bonds. The molecule has 4 rings (SSSR count). The van der Waals surface area contributed by atoms with Gasteiger partial charge in [-0.3, -0.25) is 0 Å². The smallest absolute Gasteiger partial charge is 0.142 e. The summed E-state index contributed by atoms with van der Waals surface area (Å²) in [4.78, 5) is 4.53. The molecule has 3 aromatic carbocycles. The zero-order valence-electron chi connectivity index (χ0n) is 17.3. The second-order valence-corrected chi connectivity index (χ2v) is 8.00. The maximum Gasteiger partial charge on any atom is 0.142 e. The number of amidine groups is 1. The predicted octanol–water partition coefficient (Wildman–Crippen LogP) is 5.91. The quantitative estimate of drug-likeness (QED) is 0.133. The van der Waals surface area contributed by atoms with Crippen LogP contribution in [0.4, 0.5) is 0 Å². The maximum atomic E-state index is 5.66. The van der Waals surface area contributed by atoms with Crippen LogP contribution in [0.3, 0.4) is 0 Å². The molecule has 0 atom stereocenters. The second kappa shape index (κ2) is 9.41. The van der Waals surface area contributed by atoms with Crippen molar-refractivity contribution in [1.29, 1.82) is 0 Å². The molecule has 0 aliphatic rings. The van der Waals surface area contributed by atoms with Gasteiger partial charge in [0.05, 0.1) is 15.7 Å². The zero-order chi connectivity index (χ0) is 21.6. The number of nitrogens with two attached hydrogens (primary N) is 2. The molecule has 0 radical (unpaired) electrons. The molecule has 0 spiro atoms. The summed E-state index contributed by atoms with van der Waals surface area (Å²) in [5.74, 6) is 5.49. The first-order chi connectivity index (χ1) is 15.2. The lowest BCUT2D eigenvalue weighted by Crippen LogP contribution is -2.09. The van der Waals surface area contributed by atoms with E-state index in [9.17, 15) is 0 Å². The maximum absolute atomic E-state index is 5.66. The Morgan fingerprint density at radius 2 is 1.71 bits per heavy atom. The lowest BCUT2D eigenvalue weighted by Gasteiger charge is -2.16. The SMILES string of the molecule is CC/C(=C(/c1ccc(/C=C/C(N)=N/N)cc1)c1ccc2scnc2c1)c1ccccc1. The summed E-state index contributed by atoms with van der Waals surface area (Å²) in [5.41, 5.74) is 15.7. The number of aromatic nitrogens is 1. The molecule has 0 unspecified atom stereocenters. The van der Waals surface area contributed by atoms with Crippen LogP contribution >= 0.6 is 11.3 Å². The van der Waals surface area contributed by atoms with Gasteiger partial charge in [0.15, 0.2) is 0 Å². The van der Waals surface area contributed by atoms with Crippen LogP contribution in [-0.2, 0) is 0 Å². The monoisotopic (exact) mass is 424 g/mol. The van der Waals surface area contributed by atoms with Gasteiger partial charge in [0.1, 0.15) is 5.84 Å². The molecule has 4 N–H and O–H groups in total. The standard InChI is InChI=1S/C26H24N4S/c1-2-22(19-6-4-3-5-7-19)26(21-13-14-24-23(16-21)29-17-31-24)20-11-8-18(9-12-20)10-15-25(27)30-28/h3-17H,2,28H2,1H3,(H2,27,30)/b15-10+,26-22+. The molecule has 0 aliphatic carbocycles. The molecule has 0 saturated heterocycles. The van der Waals surface area contributed by atoms with Gasteiger partial charge in [-0.05, 0) is 58.0 Å². The van der Waals surface area contributed by atoms with Crippen molar-refractivity contribution in [2.45, 2.75) is 13.3 Å². The number of thiazole rings is 1. The van der Waals surface area contributed by atoms with Crippen LogP contribution in [0.2, 0.25) is 0 Å². The first-order valence-electron chi connectivity index (χ1n) is 10.1. The molecule has 1 aromatic heterocycles. The minimum Gasteiger partial charge on any atom is -0.382 e. The number of fused-ring (bicyclic) bond motifs is 1. The van der Waals surface area contributed by atoms with Crippen LogP contribution < -0.4 is 11.6 Å². The number of nitrogens with zero attached hydrogens (tertiary/aromatic N) is 2. The Labute approximate surface area is 186 Å². The number of rotatable bonds is 6. The van der Waals surface area contributed by atoms with Crippen molar-refractivity contribution in [1.82, 2.24) is 4.98 Å². The van der Waals surface area contributed by atoms with E-state index in [1.807, 2.05) is 11.6 Å². The third kappa shape index (κ3) is 4.57. The molecule has 0 aliphatic heterocycles. The first-order valence-corrected chi connectivity index (χ1v) is 11.0. The zero-order valence-corrected chi connectivity index (χ0v) is 18.1. The van der Waals surface area contributed by atoms with Gasteiger partial charge in [0, 0.05) is 0 Å². The Morgan fingerprint density at radius 3 is 2.42 bits per heavy atom. The van der Waals surface area contributed by atoms with Crippen LogP contribution in [0.25, 0.3) is 27.4 Å². The van der Waals surface area contributed by atoms with Gasteiger partial charge in [-0.2, -0.15) is 5.10 Å². The third-order valence-corrected chi connectivity index (χ3v) is 6.00. The summed E-state index contributed by atoms with van der Waals surface area (Å²) in [6.07, 6.45) is 4.51. The van der Waals surface area contributed by atoms with Crippen LogP contribution in [0.5, 0.6) is 0 Å².